The molecule has 0 N–H and O–H groups in total. The van der Waals surface area contributed by atoms with Gasteiger partial charge in [0.25, 0.3) is 0 Å². The monoisotopic (exact) mass is 156 g/mol. The molecular formula is C10H20O. The van der Waals surface area contributed by atoms with Crippen LogP contribution in [0.4, 0.5) is 0 Å². The number of hydrogen-bond acceptors (Lipinski definition) is 1. The molecule has 2 unspecified atom stereocenters. The van der Waals surface area contributed by atoms with Crippen LogP contribution in [0.5, 0.6) is 0 Å². The van der Waals surface area contributed by atoms with Crippen molar-refractivity contribution in [3.63, 3.8) is 0 Å². The van der Waals surface area contributed by atoms with Crippen LogP contribution in [0.1, 0.15) is 39.0 Å². The minimum atomic E-state index is 0.860. The van der Waals surface area contributed by atoms with E-state index in [0.29, 0.717) is 0 Å². The van der Waals surface area contributed by atoms with E-state index in [9.17, 15) is 0 Å². The zero-order valence-electron chi connectivity index (χ0n) is 7.81. The van der Waals surface area contributed by atoms with Gasteiger partial charge in [0.1, 0.15) is 0 Å². The Labute approximate surface area is 70.1 Å². The minimum absolute atomic E-state index is 0.860. The number of ether oxygens (including phenoxy) is 1. The van der Waals surface area contributed by atoms with Crippen molar-refractivity contribution in [2.24, 2.45) is 11.8 Å². The van der Waals surface area contributed by atoms with E-state index in [1.54, 1.807) is 0 Å². The second-order valence-electron chi connectivity index (χ2n) is 3.67. The van der Waals surface area contributed by atoms with E-state index in [0.717, 1.165) is 18.4 Å². The summed E-state index contributed by atoms with van der Waals surface area (Å²) in [6.45, 7) is 3.29. The highest BCUT2D eigenvalue weighted by Crippen LogP contribution is 2.31. The van der Waals surface area contributed by atoms with Gasteiger partial charge in [-0.3, -0.25) is 0 Å². The van der Waals surface area contributed by atoms with E-state index in [1.807, 2.05) is 7.11 Å². The Morgan fingerprint density at radius 1 is 1.18 bits per heavy atom. The molecule has 0 amide bonds. The van der Waals surface area contributed by atoms with E-state index in [-0.39, 0.29) is 0 Å². The van der Waals surface area contributed by atoms with Crippen molar-refractivity contribution in [3.8, 4) is 0 Å². The van der Waals surface area contributed by atoms with Gasteiger partial charge in [0.15, 0.2) is 0 Å². The van der Waals surface area contributed by atoms with E-state index >= 15 is 0 Å². The maximum Gasteiger partial charge on any atom is 0.0493 e. The summed E-state index contributed by atoms with van der Waals surface area (Å²) >= 11 is 0. The van der Waals surface area contributed by atoms with E-state index in [1.165, 1.54) is 32.1 Å². The van der Waals surface area contributed by atoms with Gasteiger partial charge >= 0.3 is 0 Å². The lowest BCUT2D eigenvalue weighted by Crippen LogP contribution is -2.22. The van der Waals surface area contributed by atoms with Crippen molar-refractivity contribution in [3.05, 3.63) is 0 Å². The summed E-state index contributed by atoms with van der Waals surface area (Å²) in [5.41, 5.74) is 0. The lowest BCUT2D eigenvalue weighted by atomic mass is 9.78. The molecule has 2 atom stereocenters. The maximum atomic E-state index is 5.21. The van der Waals surface area contributed by atoms with Gasteiger partial charge in [-0.15, -0.1) is 0 Å². The van der Waals surface area contributed by atoms with Crippen LogP contribution in [-0.4, -0.2) is 13.7 Å². The molecule has 1 saturated carbocycles. The zero-order valence-corrected chi connectivity index (χ0v) is 7.81. The van der Waals surface area contributed by atoms with Crippen LogP contribution in [0, 0.1) is 11.8 Å². The molecular weight excluding hydrogens is 136 g/mol. The maximum absolute atomic E-state index is 5.21. The highest BCUT2D eigenvalue weighted by molar-refractivity contribution is 4.73. The molecule has 1 heteroatoms. The van der Waals surface area contributed by atoms with Gasteiger partial charge < -0.3 is 4.74 Å². The summed E-state index contributed by atoms with van der Waals surface area (Å²) in [5.74, 6) is 1.81. The van der Waals surface area contributed by atoms with Gasteiger partial charge in [0.05, 0.1) is 0 Å². The molecule has 66 valence electrons. The Hall–Kier alpha value is -0.0400. The van der Waals surface area contributed by atoms with Crippen molar-refractivity contribution in [1.82, 2.24) is 0 Å². The molecule has 0 bridgehead atoms. The first-order valence-corrected chi connectivity index (χ1v) is 4.87. The molecule has 1 fully saturated rings. The highest BCUT2D eigenvalue weighted by atomic mass is 16.5. The van der Waals surface area contributed by atoms with Crippen LogP contribution in [0.15, 0.2) is 0 Å². The van der Waals surface area contributed by atoms with Crippen LogP contribution < -0.4 is 0 Å². The van der Waals surface area contributed by atoms with Gasteiger partial charge in [-0.2, -0.15) is 0 Å². The van der Waals surface area contributed by atoms with E-state index in [4.69, 9.17) is 4.74 Å². The van der Waals surface area contributed by atoms with Crippen molar-refractivity contribution >= 4 is 0 Å². The second kappa shape index (κ2) is 4.76. The highest BCUT2D eigenvalue weighted by Gasteiger charge is 2.22. The first-order chi connectivity index (χ1) is 5.38. The molecule has 0 spiro atoms. The molecule has 1 aliphatic rings. The third-order valence-corrected chi connectivity index (χ3v) is 2.97. The SMILES string of the molecule is CCC1CCCCC1COC. The Morgan fingerprint density at radius 2 is 1.82 bits per heavy atom. The second-order valence-corrected chi connectivity index (χ2v) is 3.67. The summed E-state index contributed by atoms with van der Waals surface area (Å²) < 4.78 is 5.21. The molecule has 0 aromatic heterocycles. The first kappa shape index (κ1) is 9.05. The van der Waals surface area contributed by atoms with Crippen LogP contribution in [0.25, 0.3) is 0 Å². The lowest BCUT2D eigenvalue weighted by molar-refractivity contribution is 0.0924. The van der Waals surface area contributed by atoms with Gasteiger partial charge in [-0.1, -0.05) is 32.6 Å². The largest absolute Gasteiger partial charge is 0.384 e. The molecule has 0 radical (unpaired) electrons. The van der Waals surface area contributed by atoms with Crippen molar-refractivity contribution in [2.45, 2.75) is 39.0 Å². The zero-order chi connectivity index (χ0) is 8.10. The van der Waals surface area contributed by atoms with Gasteiger partial charge in [-0.05, 0) is 18.3 Å². The van der Waals surface area contributed by atoms with Crippen LogP contribution in [0.3, 0.4) is 0 Å². The van der Waals surface area contributed by atoms with Crippen LogP contribution in [-0.2, 0) is 4.74 Å². The average molecular weight is 156 g/mol. The normalized spacial score (nSPS) is 32.2. The topological polar surface area (TPSA) is 9.23 Å². The molecule has 1 nitrogen and oxygen atoms in total. The minimum Gasteiger partial charge on any atom is -0.384 e. The molecule has 0 heterocycles. The number of rotatable bonds is 3. The van der Waals surface area contributed by atoms with E-state index < -0.39 is 0 Å². The molecule has 1 aliphatic carbocycles. The standard InChI is InChI=1S/C10H20O/c1-3-9-6-4-5-7-10(9)8-11-2/h9-10H,3-8H2,1-2H3. The molecule has 0 aliphatic heterocycles. The summed E-state index contributed by atoms with van der Waals surface area (Å²) in [5, 5.41) is 0. The molecule has 0 aromatic carbocycles. The van der Waals surface area contributed by atoms with Crippen molar-refractivity contribution < 1.29 is 4.74 Å². The Morgan fingerprint density at radius 3 is 2.36 bits per heavy atom. The summed E-state index contributed by atoms with van der Waals surface area (Å²) in [6.07, 6.45) is 7.04. The van der Waals surface area contributed by atoms with E-state index in [2.05, 4.69) is 6.92 Å². The van der Waals surface area contributed by atoms with Gasteiger partial charge in [0.2, 0.25) is 0 Å². The van der Waals surface area contributed by atoms with Crippen molar-refractivity contribution in [2.75, 3.05) is 13.7 Å². The average Bonchev–Trinajstić information content (AvgIpc) is 2.06. The summed E-state index contributed by atoms with van der Waals surface area (Å²) in [7, 11) is 1.82. The fourth-order valence-corrected chi connectivity index (χ4v) is 2.26. The quantitative estimate of drug-likeness (QED) is 0.610. The predicted octanol–water partition coefficient (Wildman–Crippen LogP) is 2.85. The Kier molecular flexibility index (Phi) is 3.92. The predicted molar refractivity (Wildman–Crippen MR) is 47.6 cm³/mol. The first-order valence-electron chi connectivity index (χ1n) is 4.87. The lowest BCUT2D eigenvalue weighted by Gasteiger charge is -2.30. The Bertz CT molecular complexity index is 99.0. The number of hydrogen-bond donors (Lipinski definition) is 0. The molecule has 1 rings (SSSR count). The van der Waals surface area contributed by atoms with Gasteiger partial charge in [0, 0.05) is 13.7 Å². The molecule has 11 heavy (non-hydrogen) atoms. The number of methoxy groups -OCH3 is 1. The fourth-order valence-electron chi connectivity index (χ4n) is 2.26. The fraction of sp³-hybridized carbons (Fsp3) is 1.00. The third-order valence-electron chi connectivity index (χ3n) is 2.97. The van der Waals surface area contributed by atoms with Gasteiger partial charge in [-0.25, -0.2) is 0 Å². The summed E-state index contributed by atoms with van der Waals surface area (Å²) in [4.78, 5) is 0. The molecule has 0 aromatic rings. The summed E-state index contributed by atoms with van der Waals surface area (Å²) in [6, 6.07) is 0. The smallest absolute Gasteiger partial charge is 0.0493 e. The third kappa shape index (κ3) is 2.48. The van der Waals surface area contributed by atoms with Crippen LogP contribution in [0.2, 0.25) is 0 Å². The van der Waals surface area contributed by atoms with Crippen molar-refractivity contribution in [1.29, 1.82) is 0 Å². The van der Waals surface area contributed by atoms with Crippen LogP contribution >= 0.6 is 0 Å². The molecule has 0 saturated heterocycles. The Balaban J connectivity index is 2.31.